The Labute approximate surface area is 125 Å². The second-order valence-electron chi connectivity index (χ2n) is 4.44. The molecule has 0 spiro atoms. The monoisotopic (exact) mass is 328 g/mol. The third-order valence-electron chi connectivity index (χ3n) is 3.06. The summed E-state index contributed by atoms with van der Waals surface area (Å²) >= 11 is 3.46. The number of nitrogens with zero attached hydrogens (tertiary/aromatic N) is 1. The highest BCUT2D eigenvalue weighted by Crippen LogP contribution is 2.26. The van der Waals surface area contributed by atoms with Gasteiger partial charge in [-0.05, 0) is 40.2 Å². The van der Waals surface area contributed by atoms with E-state index in [1.807, 2.05) is 54.6 Å². The molecule has 0 fully saturated rings. The number of anilines is 1. The normalized spacial score (nSPS) is 10.7. The molecule has 0 radical (unpaired) electrons. The van der Waals surface area contributed by atoms with Crippen LogP contribution in [-0.4, -0.2) is 4.98 Å². The smallest absolute Gasteiger partial charge is 0.133 e. The molecular formula is C16H13BrN2O. The second kappa shape index (κ2) is 5.51. The third-order valence-corrected chi connectivity index (χ3v) is 3.71. The molecule has 0 aliphatic rings. The zero-order chi connectivity index (χ0) is 13.9. The van der Waals surface area contributed by atoms with Crippen molar-refractivity contribution in [2.24, 2.45) is 0 Å². The van der Waals surface area contributed by atoms with E-state index in [0.29, 0.717) is 12.4 Å². The molecule has 3 nitrogen and oxygen atoms in total. The summed E-state index contributed by atoms with van der Waals surface area (Å²) < 4.78 is 6.71. The van der Waals surface area contributed by atoms with Crippen molar-refractivity contribution in [1.29, 1.82) is 0 Å². The number of nitrogens with two attached hydrogens (primary N) is 1. The van der Waals surface area contributed by atoms with Gasteiger partial charge >= 0.3 is 0 Å². The first-order valence-electron chi connectivity index (χ1n) is 6.25. The number of halogens is 1. The highest BCUT2D eigenvalue weighted by molar-refractivity contribution is 9.10. The summed E-state index contributed by atoms with van der Waals surface area (Å²) in [6, 6.07) is 17.7. The molecule has 0 saturated carbocycles. The van der Waals surface area contributed by atoms with Crippen LogP contribution in [0.4, 0.5) is 5.82 Å². The highest BCUT2D eigenvalue weighted by atomic mass is 79.9. The largest absolute Gasteiger partial charge is 0.488 e. The number of pyridine rings is 1. The molecule has 100 valence electrons. The Bertz CT molecular complexity index is 758. The van der Waals surface area contributed by atoms with Crippen LogP contribution < -0.4 is 10.5 Å². The standard InChI is InChI=1S/C16H13BrN2O/c17-13-6-2-4-8-15(13)20-10-12-9-11-5-1-3-7-14(11)19-16(12)18/h1-9H,10H2,(H2,18,19). The van der Waals surface area contributed by atoms with Crippen LogP contribution in [0.5, 0.6) is 5.75 Å². The number of nitrogen functional groups attached to an aromatic ring is 1. The fourth-order valence-corrected chi connectivity index (χ4v) is 2.41. The summed E-state index contributed by atoms with van der Waals surface area (Å²) in [5.41, 5.74) is 7.77. The van der Waals surface area contributed by atoms with Crippen LogP contribution in [0.2, 0.25) is 0 Å². The fraction of sp³-hybridized carbons (Fsp3) is 0.0625. The van der Waals surface area contributed by atoms with Gasteiger partial charge in [-0.15, -0.1) is 0 Å². The first kappa shape index (κ1) is 12.9. The maximum Gasteiger partial charge on any atom is 0.133 e. The average Bonchev–Trinajstić information content (AvgIpc) is 2.46. The Kier molecular flexibility index (Phi) is 3.56. The number of benzene rings is 2. The SMILES string of the molecule is Nc1nc2ccccc2cc1COc1ccccc1Br. The predicted molar refractivity (Wildman–Crippen MR) is 84.6 cm³/mol. The molecule has 0 aliphatic carbocycles. The third kappa shape index (κ3) is 2.60. The molecule has 0 aliphatic heterocycles. The van der Waals surface area contributed by atoms with Gasteiger partial charge in [0, 0.05) is 10.9 Å². The molecule has 3 rings (SSSR count). The second-order valence-corrected chi connectivity index (χ2v) is 5.30. The van der Waals surface area contributed by atoms with Crippen molar-refractivity contribution in [3.8, 4) is 5.75 Å². The van der Waals surface area contributed by atoms with Crippen molar-refractivity contribution in [3.05, 3.63) is 64.6 Å². The van der Waals surface area contributed by atoms with Crippen molar-refractivity contribution in [2.45, 2.75) is 6.61 Å². The number of para-hydroxylation sites is 2. The van der Waals surface area contributed by atoms with Gasteiger partial charge in [-0.1, -0.05) is 30.3 Å². The van der Waals surface area contributed by atoms with E-state index in [9.17, 15) is 0 Å². The number of ether oxygens (including phenoxy) is 1. The molecule has 2 N–H and O–H groups in total. The lowest BCUT2D eigenvalue weighted by Gasteiger charge is -2.10. The molecular weight excluding hydrogens is 316 g/mol. The van der Waals surface area contributed by atoms with Gasteiger partial charge in [-0.3, -0.25) is 0 Å². The number of rotatable bonds is 3. The van der Waals surface area contributed by atoms with Gasteiger partial charge in [0.15, 0.2) is 0 Å². The maximum absolute atomic E-state index is 5.99. The molecule has 3 aromatic rings. The molecule has 0 atom stereocenters. The lowest BCUT2D eigenvalue weighted by Crippen LogP contribution is -2.03. The number of hydrogen-bond donors (Lipinski definition) is 1. The quantitative estimate of drug-likeness (QED) is 0.785. The number of hydrogen-bond acceptors (Lipinski definition) is 3. The lowest BCUT2D eigenvalue weighted by molar-refractivity contribution is 0.305. The van der Waals surface area contributed by atoms with Crippen LogP contribution >= 0.6 is 15.9 Å². The topological polar surface area (TPSA) is 48.1 Å². The molecule has 20 heavy (non-hydrogen) atoms. The Hall–Kier alpha value is -2.07. The summed E-state index contributed by atoms with van der Waals surface area (Å²) in [5, 5.41) is 1.06. The Morgan fingerprint density at radius 2 is 1.80 bits per heavy atom. The van der Waals surface area contributed by atoms with Crippen LogP contribution in [0, 0.1) is 0 Å². The zero-order valence-corrected chi connectivity index (χ0v) is 12.3. The predicted octanol–water partition coefficient (Wildman–Crippen LogP) is 4.16. The lowest BCUT2D eigenvalue weighted by atomic mass is 10.1. The van der Waals surface area contributed by atoms with Gasteiger partial charge in [-0.25, -0.2) is 4.98 Å². The van der Waals surface area contributed by atoms with Crippen LogP contribution in [0.3, 0.4) is 0 Å². The number of aromatic nitrogens is 1. The Balaban J connectivity index is 1.87. The van der Waals surface area contributed by atoms with Crippen molar-refractivity contribution in [2.75, 3.05) is 5.73 Å². The minimum Gasteiger partial charge on any atom is -0.488 e. The maximum atomic E-state index is 5.99. The minimum absolute atomic E-state index is 0.395. The molecule has 0 saturated heterocycles. The van der Waals surface area contributed by atoms with E-state index in [1.54, 1.807) is 0 Å². The van der Waals surface area contributed by atoms with E-state index in [-0.39, 0.29) is 0 Å². The van der Waals surface area contributed by atoms with E-state index in [0.717, 1.165) is 26.7 Å². The van der Waals surface area contributed by atoms with Crippen molar-refractivity contribution in [1.82, 2.24) is 4.98 Å². The minimum atomic E-state index is 0.395. The van der Waals surface area contributed by atoms with E-state index >= 15 is 0 Å². The van der Waals surface area contributed by atoms with Gasteiger partial charge in [-0.2, -0.15) is 0 Å². The summed E-state index contributed by atoms with van der Waals surface area (Å²) in [7, 11) is 0. The van der Waals surface area contributed by atoms with Gasteiger partial charge in [0.1, 0.15) is 18.2 Å². The van der Waals surface area contributed by atoms with Crippen molar-refractivity contribution in [3.63, 3.8) is 0 Å². The highest BCUT2D eigenvalue weighted by Gasteiger charge is 2.06. The summed E-state index contributed by atoms with van der Waals surface area (Å²) in [5.74, 6) is 1.30. The first-order valence-corrected chi connectivity index (χ1v) is 7.05. The summed E-state index contributed by atoms with van der Waals surface area (Å²) in [6.07, 6.45) is 0. The molecule has 0 unspecified atom stereocenters. The van der Waals surface area contributed by atoms with Crippen molar-refractivity contribution < 1.29 is 4.74 Å². The Morgan fingerprint density at radius 1 is 1.05 bits per heavy atom. The van der Waals surface area contributed by atoms with Crippen LogP contribution in [0.1, 0.15) is 5.56 Å². The van der Waals surface area contributed by atoms with E-state index in [1.165, 1.54) is 0 Å². The molecule has 4 heteroatoms. The van der Waals surface area contributed by atoms with Crippen LogP contribution in [0.15, 0.2) is 59.1 Å². The average molecular weight is 329 g/mol. The molecule has 0 bridgehead atoms. The van der Waals surface area contributed by atoms with Crippen molar-refractivity contribution >= 4 is 32.7 Å². The fourth-order valence-electron chi connectivity index (χ4n) is 2.01. The van der Waals surface area contributed by atoms with E-state index < -0.39 is 0 Å². The molecule has 1 heterocycles. The molecule has 0 amide bonds. The van der Waals surface area contributed by atoms with Gasteiger partial charge in [0.05, 0.1) is 9.99 Å². The van der Waals surface area contributed by atoms with Gasteiger partial charge < -0.3 is 10.5 Å². The van der Waals surface area contributed by atoms with Gasteiger partial charge in [0.25, 0.3) is 0 Å². The first-order chi connectivity index (χ1) is 9.74. The molecule has 1 aromatic heterocycles. The zero-order valence-electron chi connectivity index (χ0n) is 10.7. The summed E-state index contributed by atoms with van der Waals surface area (Å²) in [6.45, 7) is 0.395. The van der Waals surface area contributed by atoms with E-state index in [4.69, 9.17) is 10.5 Å². The van der Waals surface area contributed by atoms with Gasteiger partial charge in [0.2, 0.25) is 0 Å². The summed E-state index contributed by atoms with van der Waals surface area (Å²) in [4.78, 5) is 4.40. The molecule has 2 aromatic carbocycles. The van der Waals surface area contributed by atoms with Crippen LogP contribution in [-0.2, 0) is 6.61 Å². The van der Waals surface area contributed by atoms with Crippen LogP contribution in [0.25, 0.3) is 10.9 Å². The van der Waals surface area contributed by atoms with E-state index in [2.05, 4.69) is 20.9 Å². The number of fused-ring (bicyclic) bond motifs is 1. The Morgan fingerprint density at radius 3 is 2.65 bits per heavy atom.